The van der Waals surface area contributed by atoms with Crippen LogP contribution in [0.2, 0.25) is 0 Å². The molecule has 2 amide bonds. The van der Waals surface area contributed by atoms with Crippen molar-refractivity contribution in [2.45, 2.75) is 32.9 Å². The van der Waals surface area contributed by atoms with Crippen LogP contribution >= 0.6 is 11.3 Å². The molecule has 0 radical (unpaired) electrons. The van der Waals surface area contributed by atoms with Gasteiger partial charge in [-0.05, 0) is 11.5 Å². The smallest absolute Gasteiger partial charge is 0.245 e. The zero-order chi connectivity index (χ0) is 23.9. The molecule has 1 atom stereocenters. The lowest BCUT2D eigenvalue weighted by Gasteiger charge is -2.37. The van der Waals surface area contributed by atoms with Crippen LogP contribution in [0.1, 0.15) is 25.1 Å². The Morgan fingerprint density at radius 1 is 0.971 bits per heavy atom. The van der Waals surface area contributed by atoms with Crippen molar-refractivity contribution < 1.29 is 9.59 Å². The van der Waals surface area contributed by atoms with Crippen molar-refractivity contribution in [1.29, 1.82) is 0 Å². The standard InChI is InChI=1S/C27H32N4O2S/c1-20(2)25(29-24(32)17-21-9-5-3-6-10-21)27(33)31-15-13-30(14-16-31)18-23-19-34-26(28-23)22-11-7-4-8-12-22/h3-12,19-20,25H,13-18H2,1-2H3,(H,29,32). The van der Waals surface area contributed by atoms with Crippen LogP contribution in [-0.2, 0) is 22.6 Å². The van der Waals surface area contributed by atoms with Crippen molar-refractivity contribution in [3.8, 4) is 10.6 Å². The summed E-state index contributed by atoms with van der Waals surface area (Å²) in [5, 5.41) is 6.14. The molecule has 6 nitrogen and oxygen atoms in total. The second kappa shape index (κ2) is 11.4. The van der Waals surface area contributed by atoms with Crippen molar-refractivity contribution in [1.82, 2.24) is 20.1 Å². The van der Waals surface area contributed by atoms with Gasteiger partial charge in [-0.1, -0.05) is 74.5 Å². The Morgan fingerprint density at radius 3 is 2.26 bits per heavy atom. The first kappa shape index (κ1) is 24.1. The molecule has 1 N–H and O–H groups in total. The van der Waals surface area contributed by atoms with Crippen LogP contribution in [0.25, 0.3) is 10.6 Å². The molecule has 2 aromatic carbocycles. The molecule has 7 heteroatoms. The van der Waals surface area contributed by atoms with Crippen LogP contribution in [-0.4, -0.2) is 58.8 Å². The van der Waals surface area contributed by atoms with Gasteiger partial charge in [0, 0.05) is 43.7 Å². The Labute approximate surface area is 205 Å². The normalized spacial score (nSPS) is 15.3. The molecule has 34 heavy (non-hydrogen) atoms. The van der Waals surface area contributed by atoms with E-state index in [1.807, 2.05) is 67.3 Å². The van der Waals surface area contributed by atoms with E-state index in [2.05, 4.69) is 27.7 Å². The maximum absolute atomic E-state index is 13.2. The first-order valence-corrected chi connectivity index (χ1v) is 12.7. The van der Waals surface area contributed by atoms with Gasteiger partial charge in [0.25, 0.3) is 0 Å². The second-order valence-corrected chi connectivity index (χ2v) is 9.92. The lowest BCUT2D eigenvalue weighted by Crippen LogP contribution is -2.56. The summed E-state index contributed by atoms with van der Waals surface area (Å²) >= 11 is 1.67. The Bertz CT molecular complexity index is 1080. The van der Waals surface area contributed by atoms with E-state index in [4.69, 9.17) is 4.98 Å². The quantitative estimate of drug-likeness (QED) is 0.537. The molecule has 4 rings (SSSR count). The van der Waals surface area contributed by atoms with Gasteiger partial charge in [-0.15, -0.1) is 11.3 Å². The molecule has 0 saturated carbocycles. The summed E-state index contributed by atoms with van der Waals surface area (Å²) < 4.78 is 0. The third-order valence-corrected chi connectivity index (χ3v) is 7.04. The van der Waals surface area contributed by atoms with Crippen molar-refractivity contribution in [2.75, 3.05) is 26.2 Å². The highest BCUT2D eigenvalue weighted by Gasteiger charge is 2.30. The average molecular weight is 477 g/mol. The van der Waals surface area contributed by atoms with Crippen molar-refractivity contribution >= 4 is 23.2 Å². The summed E-state index contributed by atoms with van der Waals surface area (Å²) in [5.41, 5.74) is 3.15. The zero-order valence-corrected chi connectivity index (χ0v) is 20.6. The van der Waals surface area contributed by atoms with E-state index in [0.717, 1.165) is 41.5 Å². The molecule has 1 fully saturated rings. The van der Waals surface area contributed by atoms with Crippen LogP contribution in [0.15, 0.2) is 66.0 Å². The Morgan fingerprint density at radius 2 is 1.62 bits per heavy atom. The number of benzene rings is 2. The molecule has 1 unspecified atom stereocenters. The number of hydrogen-bond acceptors (Lipinski definition) is 5. The largest absolute Gasteiger partial charge is 0.344 e. The number of amides is 2. The number of aromatic nitrogens is 1. The molecule has 1 aliphatic rings. The lowest BCUT2D eigenvalue weighted by atomic mass is 10.0. The number of nitrogens with zero attached hydrogens (tertiary/aromatic N) is 3. The summed E-state index contributed by atoms with van der Waals surface area (Å²) in [6.07, 6.45) is 0.281. The fraction of sp³-hybridized carbons (Fsp3) is 0.370. The molecule has 1 aliphatic heterocycles. The van der Waals surface area contributed by atoms with Gasteiger partial charge < -0.3 is 10.2 Å². The van der Waals surface area contributed by atoms with Gasteiger partial charge in [0.1, 0.15) is 11.0 Å². The molecule has 0 aliphatic carbocycles. The number of thiazole rings is 1. The summed E-state index contributed by atoms with van der Waals surface area (Å²) in [5.74, 6) is -0.0811. The number of hydrogen-bond donors (Lipinski definition) is 1. The monoisotopic (exact) mass is 476 g/mol. The topological polar surface area (TPSA) is 65.5 Å². The number of carbonyl (C=O) groups is 2. The summed E-state index contributed by atoms with van der Waals surface area (Å²) in [6.45, 7) is 7.66. The Kier molecular flexibility index (Phi) is 8.08. The van der Waals surface area contributed by atoms with Gasteiger partial charge in [-0.2, -0.15) is 0 Å². The lowest BCUT2D eigenvalue weighted by molar-refractivity contribution is -0.139. The molecule has 2 heterocycles. The van der Waals surface area contributed by atoms with Crippen molar-refractivity contribution in [3.05, 3.63) is 77.3 Å². The maximum Gasteiger partial charge on any atom is 0.245 e. The van der Waals surface area contributed by atoms with Gasteiger partial charge in [-0.25, -0.2) is 4.98 Å². The van der Waals surface area contributed by atoms with Crippen molar-refractivity contribution in [3.63, 3.8) is 0 Å². The van der Waals surface area contributed by atoms with Crippen LogP contribution in [0.4, 0.5) is 0 Å². The van der Waals surface area contributed by atoms with Crippen molar-refractivity contribution in [2.24, 2.45) is 5.92 Å². The van der Waals surface area contributed by atoms with E-state index in [-0.39, 0.29) is 24.2 Å². The molecule has 0 spiro atoms. The minimum Gasteiger partial charge on any atom is -0.344 e. The Balaban J connectivity index is 1.28. The van der Waals surface area contributed by atoms with E-state index in [9.17, 15) is 9.59 Å². The fourth-order valence-corrected chi connectivity index (χ4v) is 4.98. The maximum atomic E-state index is 13.2. The van der Waals surface area contributed by atoms with Crippen LogP contribution < -0.4 is 5.32 Å². The molecule has 178 valence electrons. The molecular weight excluding hydrogens is 444 g/mol. The molecule has 1 saturated heterocycles. The van der Waals surface area contributed by atoms with E-state index >= 15 is 0 Å². The van der Waals surface area contributed by atoms with E-state index in [1.54, 1.807) is 11.3 Å². The van der Waals surface area contributed by atoms with Gasteiger partial charge in [0.05, 0.1) is 12.1 Å². The SMILES string of the molecule is CC(C)C(NC(=O)Cc1ccccc1)C(=O)N1CCN(Cc2csc(-c3ccccc3)n2)CC1. The average Bonchev–Trinajstić information content (AvgIpc) is 3.32. The number of rotatable bonds is 8. The highest BCUT2D eigenvalue weighted by Crippen LogP contribution is 2.24. The second-order valence-electron chi connectivity index (χ2n) is 9.06. The fourth-order valence-electron chi connectivity index (χ4n) is 4.16. The summed E-state index contributed by atoms with van der Waals surface area (Å²) in [4.78, 5) is 34.8. The predicted molar refractivity (Wildman–Crippen MR) is 136 cm³/mol. The predicted octanol–water partition coefficient (Wildman–Crippen LogP) is 3.84. The van der Waals surface area contributed by atoms with Gasteiger partial charge in [0.15, 0.2) is 0 Å². The van der Waals surface area contributed by atoms with Crippen LogP contribution in [0, 0.1) is 5.92 Å². The summed E-state index contributed by atoms with van der Waals surface area (Å²) in [6, 6.07) is 19.3. The summed E-state index contributed by atoms with van der Waals surface area (Å²) in [7, 11) is 0. The van der Waals surface area contributed by atoms with E-state index in [0.29, 0.717) is 13.1 Å². The first-order valence-electron chi connectivity index (χ1n) is 11.8. The van der Waals surface area contributed by atoms with E-state index < -0.39 is 6.04 Å². The number of piperazine rings is 1. The third-order valence-electron chi connectivity index (χ3n) is 6.10. The molecule has 3 aromatic rings. The zero-order valence-electron chi connectivity index (χ0n) is 19.8. The third kappa shape index (κ3) is 6.30. The van der Waals surface area contributed by atoms with E-state index in [1.165, 1.54) is 0 Å². The molecule has 0 bridgehead atoms. The first-order chi connectivity index (χ1) is 16.5. The van der Waals surface area contributed by atoms with Gasteiger partial charge in [-0.3, -0.25) is 14.5 Å². The Hall–Kier alpha value is -3.03. The van der Waals surface area contributed by atoms with Crippen LogP contribution in [0.3, 0.4) is 0 Å². The van der Waals surface area contributed by atoms with Crippen LogP contribution in [0.5, 0.6) is 0 Å². The number of nitrogens with one attached hydrogen (secondary N) is 1. The van der Waals surface area contributed by atoms with Gasteiger partial charge in [0.2, 0.25) is 11.8 Å². The highest BCUT2D eigenvalue weighted by molar-refractivity contribution is 7.13. The highest BCUT2D eigenvalue weighted by atomic mass is 32.1. The minimum atomic E-state index is -0.505. The molecular formula is C27H32N4O2S. The number of carbonyl (C=O) groups excluding carboxylic acids is 2. The molecule has 1 aromatic heterocycles. The van der Waals surface area contributed by atoms with Gasteiger partial charge >= 0.3 is 0 Å². The minimum absolute atomic E-state index is 0.0103.